The van der Waals surface area contributed by atoms with E-state index in [1.54, 1.807) is 0 Å². The number of carbonyl (C=O) groups excluding carboxylic acids is 1. The van der Waals surface area contributed by atoms with Crippen LogP contribution in [0.2, 0.25) is 0 Å². The van der Waals surface area contributed by atoms with Crippen LogP contribution in [0.15, 0.2) is 0 Å². The zero-order valence-corrected chi connectivity index (χ0v) is 15.9. The van der Waals surface area contributed by atoms with E-state index < -0.39 is 11.3 Å². The molecule has 0 spiro atoms. The molecular formula is C19H37NO4. The lowest BCUT2D eigenvalue weighted by molar-refractivity contribution is -0.258. The molecule has 0 radical (unpaired) electrons. The molecule has 1 saturated carbocycles. The van der Waals surface area contributed by atoms with Crippen LogP contribution in [-0.2, 0) is 19.0 Å². The number of hydrogen-bond donors (Lipinski definition) is 1. The van der Waals surface area contributed by atoms with Gasteiger partial charge in [-0.15, -0.1) is 0 Å². The Morgan fingerprint density at radius 2 is 1.29 bits per heavy atom. The SMILES string of the molecule is CCCCOC(=O)C1(N)CCC(OCCCC)(OCCCC)CC1. The lowest BCUT2D eigenvalue weighted by Gasteiger charge is -2.43. The first-order valence-electron chi connectivity index (χ1n) is 9.76. The molecule has 0 aromatic heterocycles. The van der Waals surface area contributed by atoms with Crippen LogP contribution < -0.4 is 5.73 Å². The smallest absolute Gasteiger partial charge is 0.326 e. The van der Waals surface area contributed by atoms with Crippen molar-refractivity contribution in [3.05, 3.63) is 0 Å². The summed E-state index contributed by atoms with van der Waals surface area (Å²) in [4.78, 5) is 12.3. The van der Waals surface area contributed by atoms with E-state index in [2.05, 4.69) is 20.8 Å². The maximum Gasteiger partial charge on any atom is 0.326 e. The van der Waals surface area contributed by atoms with Gasteiger partial charge in [-0.05, 0) is 32.1 Å². The van der Waals surface area contributed by atoms with Crippen molar-refractivity contribution < 1.29 is 19.0 Å². The fourth-order valence-corrected chi connectivity index (χ4v) is 2.87. The van der Waals surface area contributed by atoms with Gasteiger partial charge in [-0.3, -0.25) is 4.79 Å². The lowest BCUT2D eigenvalue weighted by Crippen LogP contribution is -2.56. The highest BCUT2D eigenvalue weighted by Gasteiger charge is 2.47. The van der Waals surface area contributed by atoms with Crippen LogP contribution in [0.1, 0.15) is 85.0 Å². The van der Waals surface area contributed by atoms with Gasteiger partial charge in [-0.2, -0.15) is 0 Å². The molecule has 0 amide bonds. The summed E-state index contributed by atoms with van der Waals surface area (Å²) in [6.45, 7) is 8.21. The summed E-state index contributed by atoms with van der Waals surface area (Å²) in [5.41, 5.74) is 5.44. The van der Waals surface area contributed by atoms with Gasteiger partial charge in [0.2, 0.25) is 0 Å². The predicted molar refractivity (Wildman–Crippen MR) is 95.7 cm³/mol. The minimum Gasteiger partial charge on any atom is -0.464 e. The second-order valence-electron chi connectivity index (χ2n) is 6.96. The molecule has 0 aliphatic heterocycles. The standard InChI is InChI=1S/C19H37NO4/c1-4-7-14-22-17(21)18(20)10-12-19(13-11-18,23-15-8-5-2)24-16-9-6-3/h4-16,20H2,1-3H3. The van der Waals surface area contributed by atoms with Crippen molar-refractivity contribution in [2.24, 2.45) is 5.73 Å². The van der Waals surface area contributed by atoms with Gasteiger partial charge >= 0.3 is 5.97 Å². The fraction of sp³-hybridized carbons (Fsp3) is 0.947. The molecule has 0 unspecified atom stereocenters. The zero-order valence-electron chi connectivity index (χ0n) is 15.9. The minimum absolute atomic E-state index is 0.272. The summed E-state index contributed by atoms with van der Waals surface area (Å²) in [6, 6.07) is 0. The summed E-state index contributed by atoms with van der Waals surface area (Å²) >= 11 is 0. The quantitative estimate of drug-likeness (QED) is 0.330. The number of ether oxygens (including phenoxy) is 3. The Hall–Kier alpha value is -0.650. The molecule has 5 heteroatoms. The van der Waals surface area contributed by atoms with Crippen molar-refractivity contribution in [1.29, 1.82) is 0 Å². The Morgan fingerprint density at radius 1 is 0.833 bits per heavy atom. The van der Waals surface area contributed by atoms with Crippen LogP contribution in [0.25, 0.3) is 0 Å². The van der Waals surface area contributed by atoms with Crippen LogP contribution in [0.4, 0.5) is 0 Å². The van der Waals surface area contributed by atoms with Gasteiger partial charge in [-0.1, -0.05) is 40.0 Å². The summed E-state index contributed by atoms with van der Waals surface area (Å²) in [6.07, 6.45) is 8.52. The molecule has 0 aromatic rings. The van der Waals surface area contributed by atoms with Gasteiger partial charge in [0, 0.05) is 12.8 Å². The van der Waals surface area contributed by atoms with Crippen LogP contribution >= 0.6 is 0 Å². The molecule has 142 valence electrons. The van der Waals surface area contributed by atoms with Crippen molar-refractivity contribution in [3.63, 3.8) is 0 Å². The molecule has 0 bridgehead atoms. The number of nitrogens with two attached hydrogens (primary N) is 1. The Balaban J connectivity index is 2.57. The van der Waals surface area contributed by atoms with Crippen molar-refractivity contribution in [2.45, 2.75) is 96.3 Å². The second-order valence-corrected chi connectivity index (χ2v) is 6.96. The monoisotopic (exact) mass is 343 g/mol. The molecule has 1 fully saturated rings. The summed E-state index contributed by atoms with van der Waals surface area (Å²) in [5, 5.41) is 0. The summed E-state index contributed by atoms with van der Waals surface area (Å²) in [7, 11) is 0. The van der Waals surface area contributed by atoms with Gasteiger partial charge in [0.25, 0.3) is 0 Å². The van der Waals surface area contributed by atoms with Crippen LogP contribution in [0.3, 0.4) is 0 Å². The number of hydrogen-bond acceptors (Lipinski definition) is 5. The average Bonchev–Trinajstić information content (AvgIpc) is 2.58. The highest BCUT2D eigenvalue weighted by Crippen LogP contribution is 2.38. The van der Waals surface area contributed by atoms with Crippen molar-refractivity contribution in [1.82, 2.24) is 0 Å². The average molecular weight is 344 g/mol. The van der Waals surface area contributed by atoms with Crippen LogP contribution in [0, 0.1) is 0 Å². The molecule has 0 heterocycles. The maximum absolute atomic E-state index is 12.3. The first kappa shape index (κ1) is 21.4. The van der Waals surface area contributed by atoms with Gasteiger partial charge in [0.05, 0.1) is 19.8 Å². The number of unbranched alkanes of at least 4 members (excludes halogenated alkanes) is 3. The molecule has 1 rings (SSSR count). The molecule has 0 atom stereocenters. The van der Waals surface area contributed by atoms with Gasteiger partial charge < -0.3 is 19.9 Å². The summed E-state index contributed by atoms with van der Waals surface area (Å²) < 4.78 is 17.5. The molecule has 1 aliphatic rings. The molecular weight excluding hydrogens is 306 g/mol. The van der Waals surface area contributed by atoms with E-state index in [0.717, 1.165) is 38.5 Å². The minimum atomic E-state index is -0.889. The Morgan fingerprint density at radius 3 is 1.75 bits per heavy atom. The predicted octanol–water partition coefficient (Wildman–Crippen LogP) is 3.93. The molecule has 1 aliphatic carbocycles. The third-order valence-electron chi connectivity index (χ3n) is 4.77. The van der Waals surface area contributed by atoms with E-state index in [0.29, 0.717) is 45.5 Å². The zero-order chi connectivity index (χ0) is 17.9. The highest BCUT2D eigenvalue weighted by molar-refractivity contribution is 5.80. The van der Waals surface area contributed by atoms with E-state index in [4.69, 9.17) is 19.9 Å². The van der Waals surface area contributed by atoms with Crippen molar-refractivity contribution >= 4 is 5.97 Å². The van der Waals surface area contributed by atoms with E-state index in [-0.39, 0.29) is 5.97 Å². The second kappa shape index (κ2) is 11.1. The third-order valence-corrected chi connectivity index (χ3v) is 4.77. The van der Waals surface area contributed by atoms with Gasteiger partial charge in [-0.25, -0.2) is 0 Å². The Labute approximate surface area is 147 Å². The molecule has 5 nitrogen and oxygen atoms in total. The normalized spacial score (nSPS) is 19.2. The first-order valence-corrected chi connectivity index (χ1v) is 9.76. The number of esters is 1. The van der Waals surface area contributed by atoms with E-state index in [1.807, 2.05) is 0 Å². The number of carbonyl (C=O) groups is 1. The largest absolute Gasteiger partial charge is 0.464 e. The molecule has 0 saturated heterocycles. The van der Waals surface area contributed by atoms with Crippen molar-refractivity contribution in [3.8, 4) is 0 Å². The molecule has 24 heavy (non-hydrogen) atoms. The van der Waals surface area contributed by atoms with E-state index in [1.165, 1.54) is 0 Å². The Bertz CT molecular complexity index is 339. The van der Waals surface area contributed by atoms with Crippen LogP contribution in [-0.4, -0.2) is 37.1 Å². The Kier molecular flexibility index (Phi) is 9.86. The van der Waals surface area contributed by atoms with Gasteiger partial charge in [0.15, 0.2) is 5.79 Å². The van der Waals surface area contributed by atoms with E-state index >= 15 is 0 Å². The highest BCUT2D eigenvalue weighted by atomic mass is 16.7. The molecule has 2 N–H and O–H groups in total. The van der Waals surface area contributed by atoms with Crippen molar-refractivity contribution in [2.75, 3.05) is 19.8 Å². The van der Waals surface area contributed by atoms with Crippen LogP contribution in [0.5, 0.6) is 0 Å². The summed E-state index contributed by atoms with van der Waals surface area (Å²) in [5.74, 6) is -0.844. The first-order chi connectivity index (χ1) is 11.5. The lowest BCUT2D eigenvalue weighted by atomic mass is 9.79. The third kappa shape index (κ3) is 6.69. The number of rotatable bonds is 12. The van der Waals surface area contributed by atoms with Gasteiger partial charge in [0.1, 0.15) is 5.54 Å². The fourth-order valence-electron chi connectivity index (χ4n) is 2.87. The topological polar surface area (TPSA) is 70.8 Å². The molecule has 0 aromatic carbocycles. The van der Waals surface area contributed by atoms with E-state index in [9.17, 15) is 4.79 Å². The maximum atomic E-state index is 12.3.